The molecule has 0 atom stereocenters. The van der Waals surface area contributed by atoms with Crippen LogP contribution in [-0.2, 0) is 4.74 Å². The zero-order chi connectivity index (χ0) is 23.7. The Morgan fingerprint density at radius 2 is 1.71 bits per heavy atom. The largest absolute Gasteiger partial charge is 0.381 e. The van der Waals surface area contributed by atoms with Crippen molar-refractivity contribution in [2.45, 2.75) is 71.4 Å². The second kappa shape index (κ2) is 9.74. The van der Waals surface area contributed by atoms with Crippen molar-refractivity contribution in [3.63, 3.8) is 0 Å². The molecule has 7 nitrogen and oxygen atoms in total. The lowest BCUT2D eigenvalue weighted by molar-refractivity contribution is 0.0686. The predicted octanol–water partition coefficient (Wildman–Crippen LogP) is 5.05. The number of rotatable bonds is 5. The molecule has 7 heteroatoms. The van der Waals surface area contributed by atoms with Gasteiger partial charge in [-0.2, -0.15) is 0 Å². The lowest BCUT2D eigenvalue weighted by atomic mass is 9.87. The fourth-order valence-electron chi connectivity index (χ4n) is 5.36. The van der Waals surface area contributed by atoms with Gasteiger partial charge in [0.15, 0.2) is 0 Å². The maximum atomic E-state index is 13.7. The number of nitrogens with zero attached hydrogens (tertiary/aromatic N) is 4. The van der Waals surface area contributed by atoms with Crippen LogP contribution in [0, 0.1) is 19.8 Å². The van der Waals surface area contributed by atoms with Crippen LogP contribution in [0.4, 0.5) is 5.95 Å². The fraction of sp³-hybridized carbons (Fsp3) is 0.519. The van der Waals surface area contributed by atoms with Crippen LogP contribution in [0.3, 0.4) is 0 Å². The lowest BCUT2D eigenvalue weighted by Gasteiger charge is -2.26. The number of anilines is 1. The van der Waals surface area contributed by atoms with Crippen LogP contribution < -0.4 is 11.0 Å². The molecule has 0 spiro atoms. The first-order valence-electron chi connectivity index (χ1n) is 12.6. The van der Waals surface area contributed by atoms with Gasteiger partial charge in [0.05, 0.1) is 17.1 Å². The number of hydrogen-bond acceptors (Lipinski definition) is 5. The van der Waals surface area contributed by atoms with E-state index < -0.39 is 0 Å². The third-order valence-corrected chi connectivity index (χ3v) is 7.23. The molecular formula is C27H35N5O2. The maximum absolute atomic E-state index is 13.7. The van der Waals surface area contributed by atoms with Gasteiger partial charge in [-0.3, -0.25) is 9.13 Å². The van der Waals surface area contributed by atoms with Gasteiger partial charge in [0.1, 0.15) is 0 Å². The molecule has 0 amide bonds. The zero-order valence-electron chi connectivity index (χ0n) is 20.5. The molecular weight excluding hydrogens is 426 g/mol. The third kappa shape index (κ3) is 4.80. The van der Waals surface area contributed by atoms with Crippen LogP contribution in [0.15, 0.2) is 41.5 Å². The summed E-state index contributed by atoms with van der Waals surface area (Å²) in [5.41, 5.74) is 4.65. The Kier molecular flexibility index (Phi) is 6.55. The van der Waals surface area contributed by atoms with Crippen LogP contribution in [-0.4, -0.2) is 38.4 Å². The maximum Gasteiger partial charge on any atom is 0.333 e. The molecule has 1 aliphatic carbocycles. The number of ether oxygens (including phenoxy) is 1. The van der Waals surface area contributed by atoms with Crippen LogP contribution in [0.1, 0.15) is 62.6 Å². The van der Waals surface area contributed by atoms with E-state index in [2.05, 4.69) is 49.3 Å². The van der Waals surface area contributed by atoms with Gasteiger partial charge in [-0.25, -0.2) is 14.8 Å². The average Bonchev–Trinajstić information content (AvgIpc) is 3.18. The average molecular weight is 462 g/mol. The van der Waals surface area contributed by atoms with Crippen molar-refractivity contribution in [2.24, 2.45) is 5.92 Å². The van der Waals surface area contributed by atoms with E-state index in [0.29, 0.717) is 25.2 Å². The molecule has 1 aromatic carbocycles. The second-order valence-corrected chi connectivity index (χ2v) is 10.1. The van der Waals surface area contributed by atoms with Gasteiger partial charge in [0, 0.05) is 37.7 Å². The molecule has 1 aliphatic heterocycles. The number of aromatic nitrogens is 4. The Bertz CT molecular complexity index is 1180. The summed E-state index contributed by atoms with van der Waals surface area (Å²) in [4.78, 5) is 23.1. The van der Waals surface area contributed by atoms with Gasteiger partial charge < -0.3 is 10.1 Å². The predicted molar refractivity (Wildman–Crippen MR) is 135 cm³/mol. The zero-order valence-corrected chi connectivity index (χ0v) is 20.5. The van der Waals surface area contributed by atoms with E-state index in [1.807, 2.05) is 21.4 Å². The van der Waals surface area contributed by atoms with Crippen LogP contribution >= 0.6 is 0 Å². The van der Waals surface area contributed by atoms with Gasteiger partial charge >= 0.3 is 5.69 Å². The summed E-state index contributed by atoms with van der Waals surface area (Å²) in [6.07, 6.45) is 10.2. The number of imidazole rings is 1. The lowest BCUT2D eigenvalue weighted by Crippen LogP contribution is -2.30. The fourth-order valence-corrected chi connectivity index (χ4v) is 5.36. The minimum Gasteiger partial charge on any atom is -0.381 e. The van der Waals surface area contributed by atoms with Crippen molar-refractivity contribution in [1.29, 1.82) is 0 Å². The molecule has 2 aromatic heterocycles. The van der Waals surface area contributed by atoms with Gasteiger partial charge in [-0.05, 0) is 87.6 Å². The number of nitrogens with one attached hydrogen (secondary N) is 1. The smallest absolute Gasteiger partial charge is 0.333 e. The standard InChI is InChI=1S/C27H35N5O2/c1-18-4-6-21(7-5-18)29-26-28-11-8-24(30-26)25-17-31(22-9-12-34-13-10-22)27(33)32(25)23-15-19(2)14-20(3)16-23/h8,11,14-18,21-22H,4-7,9-10,12-13H2,1-3H3,(H,28,29,30)/t18-,21-. The van der Waals surface area contributed by atoms with Crippen molar-refractivity contribution in [3.8, 4) is 17.1 Å². The first-order chi connectivity index (χ1) is 16.5. The SMILES string of the molecule is Cc1cc(C)cc(-n2c(-c3ccnc(N[C@H]4CC[C@H](C)CC4)n3)cn(C3CCOCC3)c2=O)c1. The van der Waals surface area contributed by atoms with E-state index in [0.717, 1.165) is 59.8 Å². The van der Waals surface area contributed by atoms with E-state index >= 15 is 0 Å². The molecule has 0 unspecified atom stereocenters. The van der Waals surface area contributed by atoms with Crippen molar-refractivity contribution < 1.29 is 4.74 Å². The second-order valence-electron chi connectivity index (χ2n) is 10.1. The Hall–Kier alpha value is -2.93. The van der Waals surface area contributed by atoms with Crippen LogP contribution in [0.2, 0.25) is 0 Å². The highest BCUT2D eigenvalue weighted by Gasteiger charge is 2.24. The van der Waals surface area contributed by atoms with Gasteiger partial charge in [0.25, 0.3) is 0 Å². The van der Waals surface area contributed by atoms with E-state index in [4.69, 9.17) is 9.72 Å². The molecule has 3 aromatic rings. The number of aryl methyl sites for hydroxylation is 2. The molecule has 0 bridgehead atoms. The summed E-state index contributed by atoms with van der Waals surface area (Å²) in [5.74, 6) is 1.43. The molecule has 1 saturated heterocycles. The summed E-state index contributed by atoms with van der Waals surface area (Å²) in [7, 11) is 0. The van der Waals surface area contributed by atoms with Gasteiger partial charge in [-0.15, -0.1) is 0 Å². The highest BCUT2D eigenvalue weighted by molar-refractivity contribution is 5.59. The monoisotopic (exact) mass is 461 g/mol. The van der Waals surface area contributed by atoms with Gasteiger partial charge in [-0.1, -0.05) is 13.0 Å². The topological polar surface area (TPSA) is 74.0 Å². The normalized spacial score (nSPS) is 21.5. The Morgan fingerprint density at radius 3 is 2.41 bits per heavy atom. The van der Waals surface area contributed by atoms with E-state index in [1.165, 1.54) is 12.8 Å². The summed E-state index contributed by atoms with van der Waals surface area (Å²) >= 11 is 0. The third-order valence-electron chi connectivity index (χ3n) is 7.23. The van der Waals surface area contributed by atoms with Crippen molar-refractivity contribution in [3.05, 3.63) is 58.3 Å². The molecule has 2 fully saturated rings. The highest BCUT2D eigenvalue weighted by Crippen LogP contribution is 2.28. The highest BCUT2D eigenvalue weighted by atomic mass is 16.5. The minimum absolute atomic E-state index is 0.0266. The van der Waals surface area contributed by atoms with Crippen LogP contribution in [0.25, 0.3) is 17.1 Å². The van der Waals surface area contributed by atoms with Gasteiger partial charge in [0.2, 0.25) is 5.95 Å². The quantitative estimate of drug-likeness (QED) is 0.575. The van der Waals surface area contributed by atoms with E-state index in [9.17, 15) is 4.79 Å². The molecule has 1 N–H and O–H groups in total. The van der Waals surface area contributed by atoms with Crippen LogP contribution in [0.5, 0.6) is 0 Å². The molecule has 1 saturated carbocycles. The summed E-state index contributed by atoms with van der Waals surface area (Å²) in [6.45, 7) is 7.82. The Morgan fingerprint density at radius 1 is 1.00 bits per heavy atom. The van der Waals surface area contributed by atoms with E-state index in [-0.39, 0.29) is 11.7 Å². The Labute approximate surface area is 201 Å². The Balaban J connectivity index is 1.55. The number of hydrogen-bond donors (Lipinski definition) is 1. The van der Waals surface area contributed by atoms with E-state index in [1.54, 1.807) is 6.20 Å². The minimum atomic E-state index is -0.0266. The summed E-state index contributed by atoms with van der Waals surface area (Å²) < 4.78 is 9.23. The molecule has 2 aliphatic rings. The van der Waals surface area contributed by atoms with Crippen molar-refractivity contribution >= 4 is 5.95 Å². The van der Waals surface area contributed by atoms with Crippen molar-refractivity contribution in [2.75, 3.05) is 18.5 Å². The molecule has 0 radical (unpaired) electrons. The molecule has 34 heavy (non-hydrogen) atoms. The molecule has 5 rings (SSSR count). The first kappa shape index (κ1) is 22.8. The first-order valence-corrected chi connectivity index (χ1v) is 12.6. The molecule has 180 valence electrons. The number of benzene rings is 1. The summed E-state index contributed by atoms with van der Waals surface area (Å²) in [6, 6.07) is 8.69. The van der Waals surface area contributed by atoms with Crippen molar-refractivity contribution in [1.82, 2.24) is 19.1 Å². The molecule has 3 heterocycles. The summed E-state index contributed by atoms with van der Waals surface area (Å²) in [5, 5.41) is 3.54.